The van der Waals surface area contributed by atoms with E-state index in [1.54, 1.807) is 0 Å². The molecule has 8 heteroatoms. The molecule has 1 aromatic carbocycles. The van der Waals surface area contributed by atoms with Crippen molar-refractivity contribution < 1.29 is 9.53 Å². The number of fused-ring (bicyclic) bond motifs is 1. The molecular formula is C14H16N6O2. The zero-order valence-corrected chi connectivity index (χ0v) is 12.1. The van der Waals surface area contributed by atoms with E-state index in [1.165, 1.54) is 0 Å². The van der Waals surface area contributed by atoms with Gasteiger partial charge in [0.2, 0.25) is 0 Å². The summed E-state index contributed by atoms with van der Waals surface area (Å²) in [6, 6.07) is 6.01. The summed E-state index contributed by atoms with van der Waals surface area (Å²) in [6.07, 6.45) is 2.27. The molecule has 2 aliphatic rings. The molecule has 0 spiro atoms. The van der Waals surface area contributed by atoms with Crippen LogP contribution in [0.5, 0.6) is 5.75 Å². The molecule has 4 rings (SSSR count). The van der Waals surface area contributed by atoms with Crippen LogP contribution in [0.1, 0.15) is 37.7 Å². The molecular weight excluding hydrogens is 284 g/mol. The summed E-state index contributed by atoms with van der Waals surface area (Å²) in [4.78, 5) is 11.3. The van der Waals surface area contributed by atoms with Gasteiger partial charge in [-0.3, -0.25) is 4.79 Å². The molecule has 1 saturated carbocycles. The predicted molar refractivity (Wildman–Crippen MR) is 78.7 cm³/mol. The minimum atomic E-state index is -0.134. The normalized spacial score (nSPS) is 18.1. The Kier molecular flexibility index (Phi) is 2.95. The number of amides is 1. The van der Waals surface area contributed by atoms with Gasteiger partial charge in [0.25, 0.3) is 5.91 Å². The van der Waals surface area contributed by atoms with E-state index < -0.39 is 0 Å². The average molecular weight is 300 g/mol. The Balaban J connectivity index is 1.53. The molecule has 22 heavy (non-hydrogen) atoms. The van der Waals surface area contributed by atoms with Crippen LogP contribution in [-0.2, 0) is 4.79 Å². The van der Waals surface area contributed by atoms with Gasteiger partial charge < -0.3 is 15.4 Å². The molecule has 114 valence electrons. The lowest BCUT2D eigenvalue weighted by molar-refractivity contribution is -0.118. The molecule has 0 radical (unpaired) electrons. The van der Waals surface area contributed by atoms with Gasteiger partial charge in [-0.05, 0) is 42.3 Å². The predicted octanol–water partition coefficient (Wildman–Crippen LogP) is 1.51. The van der Waals surface area contributed by atoms with Crippen molar-refractivity contribution in [3.8, 4) is 5.75 Å². The highest BCUT2D eigenvalue weighted by Gasteiger charge is 2.29. The Bertz CT molecular complexity index is 724. The minimum absolute atomic E-state index is 0.0215. The molecule has 2 aromatic rings. The molecule has 1 amide bonds. The summed E-state index contributed by atoms with van der Waals surface area (Å²) < 4.78 is 7.32. The molecule has 1 atom stereocenters. The summed E-state index contributed by atoms with van der Waals surface area (Å²) in [7, 11) is 0. The van der Waals surface area contributed by atoms with Crippen molar-refractivity contribution in [2.75, 3.05) is 17.2 Å². The maximum atomic E-state index is 11.3. The first kappa shape index (κ1) is 13.1. The molecule has 2 heterocycles. The lowest BCUT2D eigenvalue weighted by atomic mass is 10.2. The van der Waals surface area contributed by atoms with Gasteiger partial charge in [0.05, 0.1) is 17.8 Å². The molecule has 8 nitrogen and oxygen atoms in total. The number of benzene rings is 1. The molecule has 1 aromatic heterocycles. The number of carbonyl (C=O) groups excluding carboxylic acids is 1. The topological polar surface area (TPSA) is 94.0 Å². The van der Waals surface area contributed by atoms with Crippen LogP contribution < -0.4 is 15.4 Å². The van der Waals surface area contributed by atoms with Crippen LogP contribution in [0.25, 0.3) is 0 Å². The Morgan fingerprint density at radius 2 is 2.32 bits per heavy atom. The van der Waals surface area contributed by atoms with Gasteiger partial charge in [-0.25, -0.2) is 4.68 Å². The molecule has 0 unspecified atom stereocenters. The van der Waals surface area contributed by atoms with Crippen molar-refractivity contribution in [2.24, 2.45) is 0 Å². The van der Waals surface area contributed by atoms with Gasteiger partial charge in [0.1, 0.15) is 5.75 Å². The van der Waals surface area contributed by atoms with Crippen molar-refractivity contribution in [1.29, 1.82) is 0 Å². The smallest absolute Gasteiger partial charge is 0.262 e. The number of tetrazole rings is 1. The van der Waals surface area contributed by atoms with Crippen molar-refractivity contribution in [3.63, 3.8) is 0 Å². The number of nitrogens with zero attached hydrogens (tertiary/aromatic N) is 4. The van der Waals surface area contributed by atoms with Gasteiger partial charge in [0.15, 0.2) is 12.4 Å². The maximum Gasteiger partial charge on any atom is 0.262 e. The third kappa shape index (κ3) is 2.36. The summed E-state index contributed by atoms with van der Waals surface area (Å²) >= 11 is 0. The number of hydrogen-bond donors (Lipinski definition) is 2. The third-order valence-corrected chi connectivity index (χ3v) is 3.80. The fraction of sp³-hybridized carbons (Fsp3) is 0.429. The van der Waals surface area contributed by atoms with Crippen molar-refractivity contribution in [1.82, 2.24) is 20.2 Å². The van der Waals surface area contributed by atoms with Crippen LogP contribution in [0.15, 0.2) is 18.2 Å². The second kappa shape index (κ2) is 4.97. The second-order valence-electron chi connectivity index (χ2n) is 5.63. The summed E-state index contributed by atoms with van der Waals surface area (Å²) in [5.41, 5.74) is 1.59. The Morgan fingerprint density at radius 3 is 3.14 bits per heavy atom. The molecule has 1 aliphatic heterocycles. The second-order valence-corrected chi connectivity index (χ2v) is 5.63. The summed E-state index contributed by atoms with van der Waals surface area (Å²) in [5, 5.41) is 18.1. The van der Waals surface area contributed by atoms with Crippen molar-refractivity contribution in [2.45, 2.75) is 31.8 Å². The number of ether oxygens (including phenoxy) is 1. The molecule has 0 saturated heterocycles. The van der Waals surface area contributed by atoms with E-state index in [1.807, 2.05) is 29.8 Å². The quantitative estimate of drug-likeness (QED) is 0.889. The first-order chi connectivity index (χ1) is 10.7. The number of rotatable bonds is 4. The zero-order chi connectivity index (χ0) is 15.1. The minimum Gasteiger partial charge on any atom is -0.482 e. The average Bonchev–Trinajstić information content (AvgIpc) is 3.24. The Morgan fingerprint density at radius 1 is 1.45 bits per heavy atom. The third-order valence-electron chi connectivity index (χ3n) is 3.80. The molecule has 1 aliphatic carbocycles. The lowest BCUT2D eigenvalue weighted by Crippen LogP contribution is -2.25. The number of nitrogens with one attached hydrogen (secondary N) is 2. The monoisotopic (exact) mass is 300 g/mol. The maximum absolute atomic E-state index is 11.3. The Labute approximate surface area is 126 Å². The molecule has 1 fully saturated rings. The van der Waals surface area contributed by atoms with Crippen LogP contribution in [0.3, 0.4) is 0 Å². The van der Waals surface area contributed by atoms with Crippen LogP contribution in [0, 0.1) is 0 Å². The highest BCUT2D eigenvalue weighted by molar-refractivity contribution is 5.95. The van der Waals surface area contributed by atoms with Crippen LogP contribution in [0.2, 0.25) is 0 Å². The Hall–Kier alpha value is -2.64. The number of aromatic nitrogens is 4. The SMILES string of the molecule is C[C@@H](Nc1ccc2c(c1)OCC(=O)N2)c1nnnn1C1CC1. The number of carbonyl (C=O) groups is 1. The molecule has 2 N–H and O–H groups in total. The van der Waals surface area contributed by atoms with Gasteiger partial charge in [0, 0.05) is 11.8 Å². The van der Waals surface area contributed by atoms with E-state index in [9.17, 15) is 4.79 Å². The van der Waals surface area contributed by atoms with Gasteiger partial charge in [-0.15, -0.1) is 5.10 Å². The van der Waals surface area contributed by atoms with E-state index in [0.29, 0.717) is 17.5 Å². The van der Waals surface area contributed by atoms with E-state index in [0.717, 1.165) is 24.4 Å². The lowest BCUT2D eigenvalue weighted by Gasteiger charge is -2.20. The largest absolute Gasteiger partial charge is 0.482 e. The van der Waals surface area contributed by atoms with Gasteiger partial charge in [-0.2, -0.15) is 0 Å². The van der Waals surface area contributed by atoms with Gasteiger partial charge >= 0.3 is 0 Å². The fourth-order valence-corrected chi connectivity index (χ4v) is 2.54. The zero-order valence-electron chi connectivity index (χ0n) is 12.1. The van der Waals surface area contributed by atoms with Crippen LogP contribution in [-0.4, -0.2) is 32.7 Å². The van der Waals surface area contributed by atoms with Crippen molar-refractivity contribution >= 4 is 17.3 Å². The van der Waals surface area contributed by atoms with E-state index >= 15 is 0 Å². The van der Waals surface area contributed by atoms with E-state index in [2.05, 4.69) is 26.2 Å². The number of anilines is 2. The summed E-state index contributed by atoms with van der Waals surface area (Å²) in [5.74, 6) is 1.36. The summed E-state index contributed by atoms with van der Waals surface area (Å²) in [6.45, 7) is 2.07. The number of hydrogen-bond acceptors (Lipinski definition) is 6. The fourth-order valence-electron chi connectivity index (χ4n) is 2.54. The molecule has 0 bridgehead atoms. The first-order valence-corrected chi connectivity index (χ1v) is 7.32. The van der Waals surface area contributed by atoms with Gasteiger partial charge in [-0.1, -0.05) is 0 Å². The van der Waals surface area contributed by atoms with Crippen LogP contribution in [0.4, 0.5) is 11.4 Å². The van der Waals surface area contributed by atoms with Crippen LogP contribution >= 0.6 is 0 Å². The van der Waals surface area contributed by atoms with Crippen molar-refractivity contribution in [3.05, 3.63) is 24.0 Å². The standard InChI is InChI=1S/C14H16N6O2/c1-8(14-17-18-19-20(14)10-3-4-10)15-9-2-5-11-12(6-9)22-7-13(21)16-11/h2,5-6,8,10,15H,3-4,7H2,1H3,(H,16,21)/t8-/m1/s1. The first-order valence-electron chi connectivity index (χ1n) is 7.32. The van der Waals surface area contributed by atoms with E-state index in [-0.39, 0.29) is 18.6 Å². The highest BCUT2D eigenvalue weighted by Crippen LogP contribution is 2.36. The highest BCUT2D eigenvalue weighted by atomic mass is 16.5. The van der Waals surface area contributed by atoms with E-state index in [4.69, 9.17) is 4.74 Å².